The van der Waals surface area contributed by atoms with Gasteiger partial charge in [-0.25, -0.2) is 4.79 Å². The molecule has 4 rings (SSSR count). The monoisotopic (exact) mass is 628 g/mol. The van der Waals surface area contributed by atoms with Gasteiger partial charge in [0.1, 0.15) is 0 Å². The summed E-state index contributed by atoms with van der Waals surface area (Å²) in [7, 11) is 5.54. The maximum absolute atomic E-state index is 12.8. The molecule has 246 valence electrons. The molecular formula is C36H48N6O4. The van der Waals surface area contributed by atoms with Gasteiger partial charge in [-0.2, -0.15) is 0 Å². The molecule has 3 amide bonds. The normalized spacial score (nSPS) is 13.6. The van der Waals surface area contributed by atoms with E-state index in [4.69, 9.17) is 0 Å². The molecule has 0 bridgehead atoms. The third-order valence-corrected chi connectivity index (χ3v) is 8.62. The van der Waals surface area contributed by atoms with Crippen LogP contribution in [-0.2, 0) is 4.79 Å². The first-order chi connectivity index (χ1) is 22.3. The number of nitrogens with zero attached hydrogens (tertiary/aromatic N) is 4. The molecule has 46 heavy (non-hydrogen) atoms. The van der Waals surface area contributed by atoms with Gasteiger partial charge in [-0.1, -0.05) is 48.5 Å². The van der Waals surface area contributed by atoms with Gasteiger partial charge in [-0.3, -0.25) is 14.5 Å². The standard InChI is InChI=1S/C36H48N6O4/c1-37-21-9-23-40(3)35(44)29-14-16-30(17-15-29)38-22-18-34(43)39(2)26-27-41-24-19-31(20-25-41)42(36(45)46)33-13-8-7-12-32(33)28-10-5-4-6-11-28/h4-8,10-17,31,37-38H,9,18-27H2,1-3H3,(H,45,46). The van der Waals surface area contributed by atoms with Crippen LogP contribution in [0.4, 0.5) is 16.2 Å². The van der Waals surface area contributed by atoms with Gasteiger partial charge in [0.05, 0.1) is 5.69 Å². The number of carbonyl (C=O) groups is 3. The van der Waals surface area contributed by atoms with E-state index in [-0.39, 0.29) is 17.9 Å². The number of anilines is 2. The number of carboxylic acid groups (broad SMARTS) is 1. The van der Waals surface area contributed by atoms with Crippen molar-refractivity contribution in [2.75, 3.05) is 77.2 Å². The van der Waals surface area contributed by atoms with Crippen molar-refractivity contribution in [1.82, 2.24) is 20.0 Å². The number of para-hydroxylation sites is 1. The Morgan fingerprint density at radius 1 is 0.848 bits per heavy atom. The van der Waals surface area contributed by atoms with Crippen molar-refractivity contribution in [3.05, 3.63) is 84.4 Å². The first-order valence-electron chi connectivity index (χ1n) is 16.2. The lowest BCUT2D eigenvalue weighted by molar-refractivity contribution is -0.129. The number of piperidine rings is 1. The van der Waals surface area contributed by atoms with E-state index in [1.54, 1.807) is 14.7 Å². The minimum absolute atomic E-state index is 0.00344. The Hall–Kier alpha value is -4.41. The largest absolute Gasteiger partial charge is 0.465 e. The number of hydrogen-bond acceptors (Lipinski definition) is 6. The molecule has 1 saturated heterocycles. The molecule has 1 heterocycles. The SMILES string of the molecule is CNCCCN(C)C(=O)c1ccc(NCCC(=O)N(C)CCN2CCC(N(C(=O)O)c3ccccc3-c3ccccc3)CC2)cc1. The van der Waals surface area contributed by atoms with Gasteiger partial charge in [-0.05, 0) is 68.8 Å². The summed E-state index contributed by atoms with van der Waals surface area (Å²) in [6.45, 7) is 4.97. The summed E-state index contributed by atoms with van der Waals surface area (Å²) in [6.07, 6.45) is 1.79. The van der Waals surface area contributed by atoms with Gasteiger partial charge < -0.3 is 30.4 Å². The summed E-state index contributed by atoms with van der Waals surface area (Å²) >= 11 is 0. The van der Waals surface area contributed by atoms with Crippen LogP contribution < -0.4 is 15.5 Å². The maximum Gasteiger partial charge on any atom is 0.412 e. The maximum atomic E-state index is 12.8. The summed E-state index contributed by atoms with van der Waals surface area (Å²) in [4.78, 5) is 45.2. The number of likely N-dealkylation sites (N-methyl/N-ethyl adjacent to an activating group) is 1. The molecule has 0 spiro atoms. The predicted octanol–water partition coefficient (Wildman–Crippen LogP) is 4.94. The van der Waals surface area contributed by atoms with Crippen molar-refractivity contribution in [2.45, 2.75) is 31.7 Å². The molecule has 3 N–H and O–H groups in total. The molecule has 3 aromatic carbocycles. The molecule has 0 aliphatic carbocycles. The minimum atomic E-state index is -0.937. The fourth-order valence-electron chi connectivity index (χ4n) is 5.87. The van der Waals surface area contributed by atoms with Crippen LogP contribution in [0.1, 0.15) is 36.0 Å². The Kier molecular flexibility index (Phi) is 13.0. The van der Waals surface area contributed by atoms with E-state index in [1.807, 2.05) is 100 Å². The molecule has 10 heteroatoms. The van der Waals surface area contributed by atoms with Crippen molar-refractivity contribution in [3.63, 3.8) is 0 Å². The van der Waals surface area contributed by atoms with Crippen LogP contribution in [0.5, 0.6) is 0 Å². The van der Waals surface area contributed by atoms with E-state index in [0.717, 1.165) is 62.3 Å². The number of hydrogen-bond donors (Lipinski definition) is 3. The summed E-state index contributed by atoms with van der Waals surface area (Å²) in [5.74, 6) is 0.0585. The Labute approximate surface area is 273 Å². The Bertz CT molecular complexity index is 1410. The van der Waals surface area contributed by atoms with Crippen LogP contribution in [0.3, 0.4) is 0 Å². The highest BCUT2D eigenvalue weighted by atomic mass is 16.4. The third kappa shape index (κ3) is 9.55. The second kappa shape index (κ2) is 17.3. The second-order valence-electron chi connectivity index (χ2n) is 11.9. The molecule has 1 aliphatic heterocycles. The second-order valence-corrected chi connectivity index (χ2v) is 11.9. The summed E-state index contributed by atoms with van der Waals surface area (Å²) in [6, 6.07) is 24.9. The Morgan fingerprint density at radius 3 is 2.20 bits per heavy atom. The Morgan fingerprint density at radius 2 is 1.52 bits per heavy atom. The van der Waals surface area contributed by atoms with Crippen LogP contribution in [0.25, 0.3) is 11.1 Å². The van der Waals surface area contributed by atoms with Gasteiger partial charge in [-0.15, -0.1) is 0 Å². The van der Waals surface area contributed by atoms with Crippen molar-refractivity contribution in [1.29, 1.82) is 0 Å². The van der Waals surface area contributed by atoms with Crippen LogP contribution in [0.2, 0.25) is 0 Å². The number of nitrogens with one attached hydrogen (secondary N) is 2. The number of rotatable bonds is 15. The summed E-state index contributed by atoms with van der Waals surface area (Å²) in [5.41, 5.74) is 4.13. The molecule has 0 saturated carbocycles. The van der Waals surface area contributed by atoms with E-state index in [9.17, 15) is 19.5 Å². The number of carbonyl (C=O) groups excluding carboxylic acids is 2. The van der Waals surface area contributed by atoms with Crippen LogP contribution in [-0.4, -0.2) is 111 Å². The van der Waals surface area contributed by atoms with E-state index < -0.39 is 6.09 Å². The van der Waals surface area contributed by atoms with Crippen LogP contribution in [0.15, 0.2) is 78.9 Å². The third-order valence-electron chi connectivity index (χ3n) is 8.62. The average Bonchev–Trinajstić information content (AvgIpc) is 3.08. The lowest BCUT2D eigenvalue weighted by atomic mass is 9.98. The van der Waals surface area contributed by atoms with Crippen LogP contribution in [0, 0.1) is 0 Å². The molecule has 0 atom stereocenters. The molecule has 0 radical (unpaired) electrons. The molecule has 0 unspecified atom stereocenters. The number of benzene rings is 3. The lowest BCUT2D eigenvalue weighted by Gasteiger charge is -2.38. The zero-order chi connectivity index (χ0) is 32.9. The highest BCUT2D eigenvalue weighted by molar-refractivity contribution is 5.94. The van der Waals surface area contributed by atoms with E-state index in [2.05, 4.69) is 15.5 Å². The lowest BCUT2D eigenvalue weighted by Crippen LogP contribution is -2.48. The quantitative estimate of drug-likeness (QED) is 0.205. The topological polar surface area (TPSA) is 108 Å². The van der Waals surface area contributed by atoms with Crippen molar-refractivity contribution in [3.8, 4) is 11.1 Å². The fourth-order valence-corrected chi connectivity index (χ4v) is 5.87. The van der Waals surface area contributed by atoms with E-state index >= 15 is 0 Å². The van der Waals surface area contributed by atoms with Gasteiger partial charge in [0.15, 0.2) is 0 Å². The molecule has 1 aliphatic rings. The van der Waals surface area contributed by atoms with Crippen molar-refractivity contribution >= 4 is 29.3 Å². The highest BCUT2D eigenvalue weighted by Crippen LogP contribution is 2.34. The fraction of sp³-hybridized carbons (Fsp3) is 0.417. The molecular weight excluding hydrogens is 580 g/mol. The Balaban J connectivity index is 1.19. The first-order valence-corrected chi connectivity index (χ1v) is 16.2. The van der Waals surface area contributed by atoms with Gasteiger partial charge >= 0.3 is 6.09 Å². The van der Waals surface area contributed by atoms with Crippen molar-refractivity contribution in [2.24, 2.45) is 0 Å². The molecule has 10 nitrogen and oxygen atoms in total. The van der Waals surface area contributed by atoms with Gasteiger partial charge in [0, 0.05) is 82.6 Å². The molecule has 0 aromatic heterocycles. The van der Waals surface area contributed by atoms with Crippen LogP contribution >= 0.6 is 0 Å². The van der Waals surface area contributed by atoms with E-state index in [1.165, 1.54) is 0 Å². The smallest absolute Gasteiger partial charge is 0.412 e. The van der Waals surface area contributed by atoms with Gasteiger partial charge in [0.25, 0.3) is 5.91 Å². The summed E-state index contributed by atoms with van der Waals surface area (Å²) < 4.78 is 0. The minimum Gasteiger partial charge on any atom is -0.465 e. The average molecular weight is 629 g/mol. The van der Waals surface area contributed by atoms with E-state index in [0.29, 0.717) is 37.3 Å². The zero-order valence-corrected chi connectivity index (χ0v) is 27.3. The zero-order valence-electron chi connectivity index (χ0n) is 27.3. The van der Waals surface area contributed by atoms with Crippen molar-refractivity contribution < 1.29 is 19.5 Å². The van der Waals surface area contributed by atoms with Gasteiger partial charge in [0.2, 0.25) is 5.91 Å². The predicted molar refractivity (Wildman–Crippen MR) is 185 cm³/mol. The summed E-state index contributed by atoms with van der Waals surface area (Å²) in [5, 5.41) is 16.6. The number of likely N-dealkylation sites (tertiary alicyclic amines) is 1. The number of amides is 3. The first kappa shape index (κ1) is 34.5. The molecule has 1 fully saturated rings. The molecule has 3 aromatic rings. The highest BCUT2D eigenvalue weighted by Gasteiger charge is 2.30.